The van der Waals surface area contributed by atoms with E-state index in [2.05, 4.69) is 33.0 Å². The number of nitrogens with one attached hydrogen (secondary N) is 1. The minimum atomic E-state index is -0.668. The third-order valence-electron chi connectivity index (χ3n) is 3.55. The van der Waals surface area contributed by atoms with E-state index in [-0.39, 0.29) is 16.2 Å². The van der Waals surface area contributed by atoms with Crippen LogP contribution >= 0.6 is 12.2 Å². The minimum Gasteiger partial charge on any atom is -0.389 e. The molecule has 0 heterocycles. The predicted octanol–water partition coefficient (Wildman–Crippen LogP) is 3.94. The second-order valence-electron chi connectivity index (χ2n) is 5.71. The van der Waals surface area contributed by atoms with E-state index in [1.165, 1.54) is 0 Å². The van der Waals surface area contributed by atoms with Crippen molar-refractivity contribution in [3.05, 3.63) is 29.3 Å². The molecule has 0 unspecified atom stereocenters. The number of hydrogen-bond donors (Lipinski definition) is 2. The molecular formula is C15H22F2N2S. The Bertz CT molecular complexity index is 456. The summed E-state index contributed by atoms with van der Waals surface area (Å²) < 4.78 is 27.8. The molecule has 0 radical (unpaired) electrons. The first-order valence-corrected chi connectivity index (χ1v) is 7.17. The molecule has 1 aromatic rings. The fraction of sp³-hybridized carbons (Fsp3) is 0.533. The molecule has 20 heavy (non-hydrogen) atoms. The summed E-state index contributed by atoms with van der Waals surface area (Å²) in [4.78, 5) is -0.0170. The smallest absolute Gasteiger partial charge is 0.150 e. The van der Waals surface area contributed by atoms with Gasteiger partial charge in [0.05, 0.1) is 0 Å². The predicted molar refractivity (Wildman–Crippen MR) is 83.9 cm³/mol. The van der Waals surface area contributed by atoms with Gasteiger partial charge in [-0.1, -0.05) is 39.9 Å². The average Bonchev–Trinajstić information content (AvgIpc) is 2.31. The zero-order valence-corrected chi connectivity index (χ0v) is 13.2. The normalized spacial score (nSPS) is 11.4. The molecule has 2 nitrogen and oxygen atoms in total. The van der Waals surface area contributed by atoms with Gasteiger partial charge in [-0.3, -0.25) is 0 Å². The summed E-state index contributed by atoms with van der Waals surface area (Å²) in [5.41, 5.74) is 5.47. The number of benzene rings is 1. The standard InChI is InChI=1S/C15H22F2N2S/c1-8(2)11(9(3)4)7-19-14-12(16)5-10(15(18)20)6-13(14)17/h5-6,8-9,11,19H,7H2,1-4H3,(H2,18,20). The Hall–Kier alpha value is -1.23. The van der Waals surface area contributed by atoms with Crippen LogP contribution in [0.2, 0.25) is 0 Å². The van der Waals surface area contributed by atoms with E-state index < -0.39 is 11.6 Å². The molecule has 0 aliphatic rings. The summed E-state index contributed by atoms with van der Waals surface area (Å²) in [6.45, 7) is 8.95. The Morgan fingerprint density at radius 2 is 1.60 bits per heavy atom. The van der Waals surface area contributed by atoms with Gasteiger partial charge in [-0.15, -0.1) is 0 Å². The zero-order chi connectivity index (χ0) is 15.4. The van der Waals surface area contributed by atoms with E-state index in [0.29, 0.717) is 24.3 Å². The fourth-order valence-corrected chi connectivity index (χ4v) is 2.46. The summed E-state index contributed by atoms with van der Waals surface area (Å²) >= 11 is 4.72. The van der Waals surface area contributed by atoms with Gasteiger partial charge < -0.3 is 11.1 Å². The van der Waals surface area contributed by atoms with Gasteiger partial charge in [0.15, 0.2) is 0 Å². The second-order valence-corrected chi connectivity index (χ2v) is 6.15. The maximum atomic E-state index is 13.9. The van der Waals surface area contributed by atoms with Crippen LogP contribution in [0.1, 0.15) is 33.3 Å². The Balaban J connectivity index is 2.91. The molecule has 0 saturated heterocycles. The van der Waals surface area contributed by atoms with Crippen LogP contribution < -0.4 is 11.1 Å². The molecule has 0 amide bonds. The van der Waals surface area contributed by atoms with Crippen LogP contribution in [0.5, 0.6) is 0 Å². The molecular weight excluding hydrogens is 278 g/mol. The van der Waals surface area contributed by atoms with Gasteiger partial charge in [-0.05, 0) is 29.9 Å². The van der Waals surface area contributed by atoms with Crippen molar-refractivity contribution in [2.75, 3.05) is 11.9 Å². The number of thiocarbonyl (C=S) groups is 1. The van der Waals surface area contributed by atoms with Crippen molar-refractivity contribution in [2.45, 2.75) is 27.7 Å². The van der Waals surface area contributed by atoms with Crippen LogP contribution in [-0.2, 0) is 0 Å². The molecule has 0 aromatic heterocycles. The maximum absolute atomic E-state index is 13.9. The number of nitrogens with two attached hydrogens (primary N) is 1. The monoisotopic (exact) mass is 300 g/mol. The van der Waals surface area contributed by atoms with Crippen molar-refractivity contribution in [3.63, 3.8) is 0 Å². The van der Waals surface area contributed by atoms with E-state index in [9.17, 15) is 8.78 Å². The molecule has 112 valence electrons. The molecule has 1 rings (SSSR count). The van der Waals surface area contributed by atoms with Gasteiger partial charge in [0.1, 0.15) is 22.3 Å². The van der Waals surface area contributed by atoms with E-state index in [1.54, 1.807) is 0 Å². The van der Waals surface area contributed by atoms with Crippen LogP contribution in [0, 0.1) is 29.4 Å². The third-order valence-corrected chi connectivity index (χ3v) is 3.79. The topological polar surface area (TPSA) is 38.0 Å². The highest BCUT2D eigenvalue weighted by molar-refractivity contribution is 7.80. The molecule has 0 fully saturated rings. The molecule has 0 saturated carbocycles. The molecule has 0 aliphatic heterocycles. The quantitative estimate of drug-likeness (QED) is 0.782. The highest BCUT2D eigenvalue weighted by Crippen LogP contribution is 2.25. The van der Waals surface area contributed by atoms with Gasteiger partial charge in [-0.25, -0.2) is 8.78 Å². The van der Waals surface area contributed by atoms with Crippen molar-refractivity contribution in [1.82, 2.24) is 0 Å². The van der Waals surface area contributed by atoms with E-state index in [0.717, 1.165) is 12.1 Å². The first-order valence-electron chi connectivity index (χ1n) is 6.76. The van der Waals surface area contributed by atoms with Crippen molar-refractivity contribution < 1.29 is 8.78 Å². The fourth-order valence-electron chi connectivity index (χ4n) is 2.35. The average molecular weight is 300 g/mol. The minimum absolute atomic E-state index is 0.0170. The largest absolute Gasteiger partial charge is 0.389 e. The van der Waals surface area contributed by atoms with Crippen LogP contribution in [0.25, 0.3) is 0 Å². The van der Waals surface area contributed by atoms with Crippen LogP contribution in [-0.4, -0.2) is 11.5 Å². The van der Waals surface area contributed by atoms with Gasteiger partial charge in [0.2, 0.25) is 0 Å². The molecule has 0 atom stereocenters. The van der Waals surface area contributed by atoms with Crippen molar-refractivity contribution in [2.24, 2.45) is 23.5 Å². The summed E-state index contributed by atoms with van der Waals surface area (Å²) in [6.07, 6.45) is 0. The highest BCUT2D eigenvalue weighted by Gasteiger charge is 2.19. The zero-order valence-electron chi connectivity index (χ0n) is 12.3. The molecule has 0 bridgehead atoms. The Morgan fingerprint density at radius 3 is 1.95 bits per heavy atom. The Labute approximate surface area is 124 Å². The first kappa shape index (κ1) is 16.8. The highest BCUT2D eigenvalue weighted by atomic mass is 32.1. The van der Waals surface area contributed by atoms with Crippen LogP contribution in [0.4, 0.5) is 14.5 Å². The number of rotatable bonds is 6. The lowest BCUT2D eigenvalue weighted by Gasteiger charge is -2.25. The molecule has 0 spiro atoms. The molecule has 3 N–H and O–H groups in total. The van der Waals surface area contributed by atoms with Gasteiger partial charge >= 0.3 is 0 Å². The number of halogens is 2. The van der Waals surface area contributed by atoms with Gasteiger partial charge in [-0.2, -0.15) is 0 Å². The first-order chi connectivity index (χ1) is 9.23. The Kier molecular flexibility index (Phi) is 5.87. The SMILES string of the molecule is CC(C)C(CNc1c(F)cc(C(N)=S)cc1F)C(C)C. The summed E-state index contributed by atoms with van der Waals surface area (Å²) in [5, 5.41) is 2.88. The molecule has 1 aromatic carbocycles. The van der Waals surface area contributed by atoms with Crippen molar-refractivity contribution in [3.8, 4) is 0 Å². The lowest BCUT2D eigenvalue weighted by Crippen LogP contribution is -2.25. The Morgan fingerprint density at radius 1 is 1.15 bits per heavy atom. The summed E-state index contributed by atoms with van der Waals surface area (Å²) in [6, 6.07) is 2.32. The second kappa shape index (κ2) is 6.97. The van der Waals surface area contributed by atoms with E-state index in [4.69, 9.17) is 18.0 Å². The summed E-state index contributed by atoms with van der Waals surface area (Å²) in [5.74, 6) is -0.129. The number of anilines is 1. The molecule has 5 heteroatoms. The van der Waals surface area contributed by atoms with Crippen molar-refractivity contribution >= 4 is 22.9 Å². The lowest BCUT2D eigenvalue weighted by molar-refractivity contribution is 0.304. The molecule has 0 aliphatic carbocycles. The van der Waals surface area contributed by atoms with Crippen molar-refractivity contribution in [1.29, 1.82) is 0 Å². The number of hydrogen-bond acceptors (Lipinski definition) is 2. The third kappa shape index (κ3) is 4.13. The lowest BCUT2D eigenvalue weighted by atomic mass is 9.85. The van der Waals surface area contributed by atoms with E-state index >= 15 is 0 Å². The van der Waals surface area contributed by atoms with Gasteiger partial charge in [0.25, 0.3) is 0 Å². The van der Waals surface area contributed by atoms with Crippen LogP contribution in [0.3, 0.4) is 0 Å². The van der Waals surface area contributed by atoms with Gasteiger partial charge in [0, 0.05) is 12.1 Å². The summed E-state index contributed by atoms with van der Waals surface area (Å²) in [7, 11) is 0. The van der Waals surface area contributed by atoms with E-state index in [1.807, 2.05) is 0 Å². The maximum Gasteiger partial charge on any atom is 0.150 e. The van der Waals surface area contributed by atoms with Crippen LogP contribution in [0.15, 0.2) is 12.1 Å².